The van der Waals surface area contributed by atoms with Gasteiger partial charge in [0.25, 0.3) is 5.91 Å². The average Bonchev–Trinajstić information content (AvgIpc) is 2.19. The molecule has 7 nitrogen and oxygen atoms in total. The standard InChI is InChI=1S/C12H25N3O4/c1-11(2,3)18-7-8(9(16)15-13)14-10(17)19-12(4,5)6/h8H,7,13H2,1-6H3,(H,14,17)(H,15,16). The summed E-state index contributed by atoms with van der Waals surface area (Å²) in [5, 5.41) is 2.42. The first-order valence-corrected chi connectivity index (χ1v) is 6.08. The number of nitrogens with one attached hydrogen (secondary N) is 2. The first kappa shape index (κ1) is 17.7. The number of carbonyl (C=O) groups excluding carboxylic acids is 2. The summed E-state index contributed by atoms with van der Waals surface area (Å²) in [6.45, 7) is 10.7. The van der Waals surface area contributed by atoms with Crippen LogP contribution in [0.25, 0.3) is 0 Å². The molecule has 0 rings (SSSR count). The van der Waals surface area contributed by atoms with Gasteiger partial charge in [0.1, 0.15) is 11.6 Å². The fraction of sp³-hybridized carbons (Fsp3) is 0.833. The maximum atomic E-state index is 11.6. The number of carbonyl (C=O) groups is 2. The highest BCUT2D eigenvalue weighted by Gasteiger charge is 2.25. The molecule has 0 bridgehead atoms. The van der Waals surface area contributed by atoms with Crippen molar-refractivity contribution in [2.75, 3.05) is 6.61 Å². The quantitative estimate of drug-likeness (QED) is 0.398. The van der Waals surface area contributed by atoms with Gasteiger partial charge in [-0.15, -0.1) is 0 Å². The van der Waals surface area contributed by atoms with Gasteiger partial charge in [0.15, 0.2) is 0 Å². The highest BCUT2D eigenvalue weighted by atomic mass is 16.6. The van der Waals surface area contributed by atoms with Crippen molar-refractivity contribution < 1.29 is 19.1 Å². The molecular weight excluding hydrogens is 250 g/mol. The molecule has 0 saturated carbocycles. The summed E-state index contributed by atoms with van der Waals surface area (Å²) in [5.41, 5.74) is 0.912. The Balaban J connectivity index is 4.52. The number of nitrogens with two attached hydrogens (primary N) is 1. The molecule has 0 aromatic carbocycles. The van der Waals surface area contributed by atoms with Crippen LogP contribution >= 0.6 is 0 Å². The van der Waals surface area contributed by atoms with Crippen LogP contribution in [0.15, 0.2) is 0 Å². The van der Waals surface area contributed by atoms with Gasteiger partial charge in [-0.05, 0) is 41.5 Å². The third kappa shape index (κ3) is 9.26. The van der Waals surface area contributed by atoms with Crippen molar-refractivity contribution in [1.82, 2.24) is 10.7 Å². The van der Waals surface area contributed by atoms with Gasteiger partial charge in [-0.3, -0.25) is 10.2 Å². The van der Waals surface area contributed by atoms with E-state index >= 15 is 0 Å². The van der Waals surface area contributed by atoms with Crippen LogP contribution < -0.4 is 16.6 Å². The highest BCUT2D eigenvalue weighted by Crippen LogP contribution is 2.09. The second-order valence-corrected chi connectivity index (χ2v) is 6.13. The molecule has 4 N–H and O–H groups in total. The minimum Gasteiger partial charge on any atom is -0.444 e. The normalized spacial score (nSPS) is 13.6. The number of amides is 2. The van der Waals surface area contributed by atoms with Crippen molar-refractivity contribution in [2.45, 2.75) is 58.8 Å². The number of ether oxygens (including phenoxy) is 2. The molecule has 0 aromatic heterocycles. The Morgan fingerprint density at radius 1 is 1.11 bits per heavy atom. The maximum absolute atomic E-state index is 11.6. The molecule has 112 valence electrons. The maximum Gasteiger partial charge on any atom is 0.408 e. The van der Waals surface area contributed by atoms with Crippen molar-refractivity contribution >= 4 is 12.0 Å². The van der Waals surface area contributed by atoms with Gasteiger partial charge in [-0.2, -0.15) is 0 Å². The van der Waals surface area contributed by atoms with Crippen molar-refractivity contribution in [2.24, 2.45) is 5.84 Å². The summed E-state index contributed by atoms with van der Waals surface area (Å²) >= 11 is 0. The summed E-state index contributed by atoms with van der Waals surface area (Å²) in [6, 6.07) is -0.904. The molecule has 0 aliphatic heterocycles. The topological polar surface area (TPSA) is 103 Å². The zero-order valence-corrected chi connectivity index (χ0v) is 12.5. The van der Waals surface area contributed by atoms with Gasteiger partial charge < -0.3 is 14.8 Å². The predicted octanol–water partition coefficient (Wildman–Crippen LogP) is 0.685. The van der Waals surface area contributed by atoms with Crippen LogP contribution in [0.4, 0.5) is 4.79 Å². The lowest BCUT2D eigenvalue weighted by Gasteiger charge is -2.25. The van der Waals surface area contributed by atoms with Crippen molar-refractivity contribution in [3.63, 3.8) is 0 Å². The van der Waals surface area contributed by atoms with E-state index in [1.807, 2.05) is 26.2 Å². The Morgan fingerprint density at radius 2 is 1.63 bits per heavy atom. The monoisotopic (exact) mass is 275 g/mol. The van der Waals surface area contributed by atoms with Gasteiger partial charge >= 0.3 is 6.09 Å². The molecule has 0 aromatic rings. The average molecular weight is 275 g/mol. The van der Waals surface area contributed by atoms with E-state index < -0.39 is 29.2 Å². The zero-order chi connectivity index (χ0) is 15.3. The molecule has 0 spiro atoms. The van der Waals surface area contributed by atoms with Crippen LogP contribution in [-0.2, 0) is 14.3 Å². The second-order valence-electron chi connectivity index (χ2n) is 6.13. The van der Waals surface area contributed by atoms with E-state index in [1.54, 1.807) is 20.8 Å². The summed E-state index contributed by atoms with van der Waals surface area (Å²) in [6.07, 6.45) is -0.696. The lowest BCUT2D eigenvalue weighted by atomic mass is 10.2. The molecule has 0 aliphatic rings. The van der Waals surface area contributed by atoms with Crippen molar-refractivity contribution in [3.8, 4) is 0 Å². The van der Waals surface area contributed by atoms with Gasteiger partial charge in [0.05, 0.1) is 12.2 Å². The molecule has 0 aliphatic carbocycles. The zero-order valence-electron chi connectivity index (χ0n) is 12.5. The third-order valence-electron chi connectivity index (χ3n) is 1.83. The van der Waals surface area contributed by atoms with E-state index in [-0.39, 0.29) is 6.61 Å². The Kier molecular flexibility index (Phi) is 6.24. The van der Waals surface area contributed by atoms with Crippen LogP contribution in [0.2, 0.25) is 0 Å². The molecule has 0 radical (unpaired) electrons. The van der Waals surface area contributed by atoms with Crippen molar-refractivity contribution in [1.29, 1.82) is 0 Å². The highest BCUT2D eigenvalue weighted by molar-refractivity contribution is 5.85. The molecule has 19 heavy (non-hydrogen) atoms. The van der Waals surface area contributed by atoms with E-state index in [0.29, 0.717) is 0 Å². The Bertz CT molecular complexity index is 318. The SMILES string of the molecule is CC(C)(C)OCC(NC(=O)OC(C)(C)C)C(=O)NN. The molecular formula is C12H25N3O4. The van der Waals surface area contributed by atoms with Gasteiger partial charge in [0.2, 0.25) is 0 Å². The number of rotatable bonds is 4. The molecule has 2 amide bonds. The molecule has 0 heterocycles. The summed E-state index contributed by atoms with van der Waals surface area (Å²) in [7, 11) is 0. The van der Waals surface area contributed by atoms with Crippen LogP contribution in [0.5, 0.6) is 0 Å². The lowest BCUT2D eigenvalue weighted by molar-refractivity contribution is -0.126. The van der Waals surface area contributed by atoms with Crippen LogP contribution in [0.3, 0.4) is 0 Å². The van der Waals surface area contributed by atoms with Gasteiger partial charge in [0, 0.05) is 0 Å². The summed E-state index contributed by atoms with van der Waals surface area (Å²) in [5.74, 6) is 4.52. The van der Waals surface area contributed by atoms with E-state index in [1.165, 1.54) is 0 Å². The Hall–Kier alpha value is -1.34. The van der Waals surface area contributed by atoms with E-state index in [9.17, 15) is 9.59 Å². The second kappa shape index (κ2) is 6.72. The van der Waals surface area contributed by atoms with Crippen molar-refractivity contribution in [3.05, 3.63) is 0 Å². The van der Waals surface area contributed by atoms with E-state index in [2.05, 4.69) is 5.32 Å². The number of alkyl carbamates (subject to hydrolysis) is 1. The third-order valence-corrected chi connectivity index (χ3v) is 1.83. The largest absolute Gasteiger partial charge is 0.444 e. The Labute approximate surface area is 114 Å². The molecule has 0 fully saturated rings. The van der Waals surface area contributed by atoms with Gasteiger partial charge in [-0.25, -0.2) is 10.6 Å². The summed E-state index contributed by atoms with van der Waals surface area (Å²) in [4.78, 5) is 23.1. The van der Waals surface area contributed by atoms with Crippen LogP contribution in [-0.4, -0.2) is 35.9 Å². The number of hydrazine groups is 1. The van der Waals surface area contributed by atoms with E-state index in [4.69, 9.17) is 15.3 Å². The first-order valence-electron chi connectivity index (χ1n) is 6.08. The fourth-order valence-corrected chi connectivity index (χ4v) is 1.07. The summed E-state index contributed by atoms with van der Waals surface area (Å²) < 4.78 is 10.5. The smallest absolute Gasteiger partial charge is 0.408 e. The number of hydrogen-bond donors (Lipinski definition) is 3. The Morgan fingerprint density at radius 3 is 2.00 bits per heavy atom. The minimum atomic E-state index is -0.904. The molecule has 7 heteroatoms. The van der Waals surface area contributed by atoms with Gasteiger partial charge in [-0.1, -0.05) is 0 Å². The lowest BCUT2D eigenvalue weighted by Crippen LogP contribution is -2.53. The fourth-order valence-electron chi connectivity index (χ4n) is 1.07. The molecule has 0 saturated heterocycles. The van der Waals surface area contributed by atoms with Crippen LogP contribution in [0, 0.1) is 0 Å². The first-order chi connectivity index (χ1) is 8.44. The number of hydrogen-bond acceptors (Lipinski definition) is 5. The van der Waals surface area contributed by atoms with E-state index in [0.717, 1.165) is 0 Å². The predicted molar refractivity (Wildman–Crippen MR) is 71.2 cm³/mol. The minimum absolute atomic E-state index is 0.00573. The molecule has 1 atom stereocenters. The van der Waals surface area contributed by atoms with Crippen LogP contribution in [0.1, 0.15) is 41.5 Å². The molecule has 1 unspecified atom stereocenters.